The topological polar surface area (TPSA) is 43.9 Å². The van der Waals surface area contributed by atoms with Gasteiger partial charge in [-0.1, -0.05) is 38.4 Å². The molecule has 1 aliphatic carbocycles. The number of carbonyl (C=O) groups is 2. The highest BCUT2D eigenvalue weighted by atomic mass is 35.5. The molecule has 1 aromatic carbocycles. The van der Waals surface area contributed by atoms with E-state index in [1.807, 2.05) is 18.2 Å². The molecule has 2 amide bonds. The van der Waals surface area contributed by atoms with E-state index in [0.29, 0.717) is 6.54 Å². The van der Waals surface area contributed by atoms with Gasteiger partial charge in [-0.2, -0.15) is 0 Å². The first-order valence-corrected chi connectivity index (χ1v) is 11.2. The second-order valence-corrected chi connectivity index (χ2v) is 10.0. The highest BCUT2D eigenvalue weighted by Crippen LogP contribution is 2.60. The number of fused-ring (bicyclic) bond motifs is 2. The number of piperazine rings is 1. The number of amides is 2. The Balaban J connectivity index is 1.28. The van der Waals surface area contributed by atoms with Gasteiger partial charge in [-0.05, 0) is 49.4 Å². The summed E-state index contributed by atoms with van der Waals surface area (Å²) >= 11 is 6.11. The van der Waals surface area contributed by atoms with Gasteiger partial charge >= 0.3 is 0 Å². The van der Waals surface area contributed by atoms with E-state index in [2.05, 4.69) is 36.6 Å². The van der Waals surface area contributed by atoms with Crippen LogP contribution in [0, 0.1) is 16.7 Å². The van der Waals surface area contributed by atoms with Crippen molar-refractivity contribution in [3.05, 3.63) is 29.3 Å². The molecular formula is C23H32ClN3O2. The van der Waals surface area contributed by atoms with Gasteiger partial charge in [0, 0.05) is 49.4 Å². The van der Waals surface area contributed by atoms with E-state index >= 15 is 0 Å². The molecule has 0 aromatic heterocycles. The molecule has 6 heteroatoms. The van der Waals surface area contributed by atoms with Gasteiger partial charge in [0.05, 0.1) is 5.41 Å². The summed E-state index contributed by atoms with van der Waals surface area (Å²) in [4.78, 5) is 32.4. The standard InChI is InChI=1S/C23H32ClN3O2/c1-22(2)19-8-9-23(22,3)21(29)27(20(19)28)11-5-10-25-12-14-26(15-13-25)18-7-4-6-17(24)16-18/h4,6-7,16,19H,5,8-15H2,1-3H3. The number of hydrogen-bond donors (Lipinski definition) is 0. The van der Waals surface area contributed by atoms with E-state index in [1.54, 1.807) is 4.90 Å². The summed E-state index contributed by atoms with van der Waals surface area (Å²) in [5.74, 6) is 0.0965. The second-order valence-electron chi connectivity index (χ2n) is 9.60. The van der Waals surface area contributed by atoms with Crippen molar-refractivity contribution < 1.29 is 9.59 Å². The lowest BCUT2D eigenvalue weighted by Crippen LogP contribution is -2.59. The lowest BCUT2D eigenvalue weighted by atomic mass is 9.62. The van der Waals surface area contributed by atoms with Gasteiger partial charge in [0.25, 0.3) is 0 Å². The smallest absolute Gasteiger partial charge is 0.235 e. The van der Waals surface area contributed by atoms with Gasteiger partial charge in [0.2, 0.25) is 11.8 Å². The molecular weight excluding hydrogens is 386 g/mol. The van der Waals surface area contributed by atoms with E-state index < -0.39 is 5.41 Å². The van der Waals surface area contributed by atoms with E-state index in [9.17, 15) is 9.59 Å². The van der Waals surface area contributed by atoms with Crippen LogP contribution >= 0.6 is 11.6 Å². The molecule has 2 bridgehead atoms. The Labute approximate surface area is 179 Å². The minimum atomic E-state index is -0.395. The summed E-state index contributed by atoms with van der Waals surface area (Å²) in [6, 6.07) is 8.01. The van der Waals surface area contributed by atoms with Crippen molar-refractivity contribution in [1.82, 2.24) is 9.80 Å². The van der Waals surface area contributed by atoms with Crippen LogP contribution in [0.1, 0.15) is 40.0 Å². The molecule has 4 rings (SSSR count). The van der Waals surface area contributed by atoms with Crippen LogP contribution in [0.2, 0.25) is 5.02 Å². The average molecular weight is 418 g/mol. The summed E-state index contributed by atoms with van der Waals surface area (Å²) in [5, 5.41) is 0.770. The number of piperidine rings is 1. The maximum atomic E-state index is 13.1. The van der Waals surface area contributed by atoms with Gasteiger partial charge in [-0.25, -0.2) is 0 Å². The quantitative estimate of drug-likeness (QED) is 0.686. The Hall–Kier alpha value is -1.59. The molecule has 2 aliphatic heterocycles. The summed E-state index contributed by atoms with van der Waals surface area (Å²) in [7, 11) is 0. The van der Waals surface area contributed by atoms with Gasteiger partial charge < -0.3 is 4.90 Å². The molecule has 1 aromatic rings. The number of benzene rings is 1. The number of nitrogens with zero attached hydrogens (tertiary/aromatic N) is 3. The molecule has 1 saturated carbocycles. The first kappa shape index (κ1) is 20.7. The van der Waals surface area contributed by atoms with Gasteiger partial charge in [-0.3, -0.25) is 19.4 Å². The molecule has 3 aliphatic rings. The lowest BCUT2D eigenvalue weighted by molar-refractivity contribution is -0.167. The zero-order valence-electron chi connectivity index (χ0n) is 17.8. The number of halogens is 1. The number of hydrogen-bond acceptors (Lipinski definition) is 4. The molecule has 0 spiro atoms. The molecule has 0 N–H and O–H groups in total. The Morgan fingerprint density at radius 2 is 1.79 bits per heavy atom. The minimum absolute atomic E-state index is 0.00792. The second kappa shape index (κ2) is 7.59. The molecule has 29 heavy (non-hydrogen) atoms. The third-order valence-electron chi connectivity index (χ3n) is 7.91. The highest BCUT2D eigenvalue weighted by molar-refractivity contribution is 6.30. The van der Waals surface area contributed by atoms with Crippen molar-refractivity contribution in [2.45, 2.75) is 40.0 Å². The molecule has 3 fully saturated rings. The molecule has 2 saturated heterocycles. The Morgan fingerprint density at radius 1 is 1.07 bits per heavy atom. The molecule has 2 heterocycles. The highest BCUT2D eigenvalue weighted by Gasteiger charge is 2.64. The van der Waals surface area contributed by atoms with Crippen molar-refractivity contribution in [2.75, 3.05) is 44.2 Å². The predicted octanol–water partition coefficient (Wildman–Crippen LogP) is 3.66. The summed E-state index contributed by atoms with van der Waals surface area (Å²) in [6.45, 7) is 11.6. The van der Waals surface area contributed by atoms with Crippen molar-refractivity contribution in [2.24, 2.45) is 16.7 Å². The van der Waals surface area contributed by atoms with Crippen LogP contribution in [-0.2, 0) is 9.59 Å². The third kappa shape index (κ3) is 3.46. The Bertz CT molecular complexity index is 803. The number of imide groups is 1. The van der Waals surface area contributed by atoms with Crippen LogP contribution in [0.5, 0.6) is 0 Å². The number of carbonyl (C=O) groups excluding carboxylic acids is 2. The molecule has 158 valence electrons. The van der Waals surface area contributed by atoms with Crippen LogP contribution in [0.4, 0.5) is 5.69 Å². The molecule has 0 radical (unpaired) electrons. The Morgan fingerprint density at radius 3 is 2.48 bits per heavy atom. The van der Waals surface area contributed by atoms with Crippen LogP contribution in [0.3, 0.4) is 0 Å². The number of likely N-dealkylation sites (tertiary alicyclic amines) is 1. The lowest BCUT2D eigenvalue weighted by Gasteiger charge is -2.47. The monoisotopic (exact) mass is 417 g/mol. The fraction of sp³-hybridized carbons (Fsp3) is 0.652. The maximum absolute atomic E-state index is 13.1. The predicted molar refractivity (Wildman–Crippen MR) is 116 cm³/mol. The van der Waals surface area contributed by atoms with Crippen molar-refractivity contribution in [1.29, 1.82) is 0 Å². The van der Waals surface area contributed by atoms with Crippen LogP contribution in [0.15, 0.2) is 24.3 Å². The largest absolute Gasteiger partial charge is 0.369 e. The van der Waals surface area contributed by atoms with E-state index in [-0.39, 0.29) is 23.1 Å². The first-order chi connectivity index (χ1) is 13.7. The molecule has 2 unspecified atom stereocenters. The molecule has 5 nitrogen and oxygen atoms in total. The zero-order valence-corrected chi connectivity index (χ0v) is 18.5. The summed E-state index contributed by atoms with van der Waals surface area (Å²) < 4.78 is 0. The fourth-order valence-electron chi connectivity index (χ4n) is 5.47. The van der Waals surface area contributed by atoms with Crippen LogP contribution < -0.4 is 4.90 Å². The zero-order chi connectivity index (χ0) is 20.8. The average Bonchev–Trinajstić information content (AvgIpc) is 2.88. The van der Waals surface area contributed by atoms with Gasteiger partial charge in [0.1, 0.15) is 0 Å². The van der Waals surface area contributed by atoms with Gasteiger partial charge in [0.15, 0.2) is 0 Å². The van der Waals surface area contributed by atoms with E-state index in [1.165, 1.54) is 5.69 Å². The third-order valence-corrected chi connectivity index (χ3v) is 8.14. The minimum Gasteiger partial charge on any atom is -0.369 e. The van der Waals surface area contributed by atoms with Crippen LogP contribution in [-0.4, -0.2) is 60.9 Å². The summed E-state index contributed by atoms with van der Waals surface area (Å²) in [6.07, 6.45) is 2.52. The normalized spacial score (nSPS) is 29.6. The summed E-state index contributed by atoms with van der Waals surface area (Å²) in [5.41, 5.74) is 0.552. The van der Waals surface area contributed by atoms with Crippen molar-refractivity contribution in [3.63, 3.8) is 0 Å². The van der Waals surface area contributed by atoms with E-state index in [0.717, 1.165) is 57.0 Å². The fourth-order valence-corrected chi connectivity index (χ4v) is 5.65. The maximum Gasteiger partial charge on any atom is 0.235 e. The van der Waals surface area contributed by atoms with Crippen molar-refractivity contribution in [3.8, 4) is 0 Å². The van der Waals surface area contributed by atoms with Crippen molar-refractivity contribution >= 4 is 29.1 Å². The van der Waals surface area contributed by atoms with E-state index in [4.69, 9.17) is 11.6 Å². The SMILES string of the molecule is CC12CCC(C(=O)N(CCCN3CCN(c4cccc(Cl)c4)CC3)C1=O)C2(C)C. The Kier molecular flexibility index (Phi) is 5.41. The number of anilines is 1. The number of rotatable bonds is 5. The van der Waals surface area contributed by atoms with Crippen LogP contribution in [0.25, 0.3) is 0 Å². The first-order valence-electron chi connectivity index (χ1n) is 10.8. The molecule has 2 atom stereocenters. The van der Waals surface area contributed by atoms with Gasteiger partial charge in [-0.15, -0.1) is 0 Å².